The van der Waals surface area contributed by atoms with Gasteiger partial charge in [-0.1, -0.05) is 30.3 Å². The van der Waals surface area contributed by atoms with Gasteiger partial charge in [-0.05, 0) is 43.2 Å². The molecule has 2 amide bonds. The number of urea groups is 1. The van der Waals surface area contributed by atoms with Gasteiger partial charge in [0.25, 0.3) is 0 Å². The Morgan fingerprint density at radius 2 is 1.83 bits per heavy atom. The lowest BCUT2D eigenvalue weighted by Gasteiger charge is -2.24. The maximum atomic E-state index is 12.9. The van der Waals surface area contributed by atoms with Gasteiger partial charge in [0.15, 0.2) is 0 Å². The predicted octanol–water partition coefficient (Wildman–Crippen LogP) is 4.27. The number of anilines is 2. The molecule has 0 atom stereocenters. The first-order valence-corrected chi connectivity index (χ1v) is 9.72. The molecule has 2 aromatic heterocycles. The molecule has 7 nitrogen and oxygen atoms in total. The van der Waals surface area contributed by atoms with Gasteiger partial charge < -0.3 is 15.4 Å². The zero-order chi connectivity index (χ0) is 21.1. The summed E-state index contributed by atoms with van der Waals surface area (Å²) in [7, 11) is 0. The maximum absolute atomic E-state index is 12.9. The zero-order valence-electron chi connectivity index (χ0n) is 16.9. The summed E-state index contributed by atoms with van der Waals surface area (Å²) < 4.78 is 0. The molecule has 4 rings (SSSR count). The minimum atomic E-state index is -0.294. The van der Waals surface area contributed by atoms with Crippen LogP contribution in [-0.4, -0.2) is 39.2 Å². The SMILES string of the molecule is Cc1ccccc1N(CCO)C(=O)Nc1ccc(-c2ncnc3[nH]cc(C)c23)cc1. The molecule has 0 saturated carbocycles. The van der Waals surface area contributed by atoms with Crippen molar-refractivity contribution in [2.75, 3.05) is 23.4 Å². The van der Waals surface area contributed by atoms with Crippen molar-refractivity contribution in [1.82, 2.24) is 15.0 Å². The first-order chi connectivity index (χ1) is 14.6. The number of nitrogens with zero attached hydrogens (tertiary/aromatic N) is 3. The number of aliphatic hydroxyl groups excluding tert-OH is 1. The summed E-state index contributed by atoms with van der Waals surface area (Å²) in [5.41, 5.74) is 6.06. The Morgan fingerprint density at radius 3 is 2.57 bits per heavy atom. The maximum Gasteiger partial charge on any atom is 0.326 e. The molecule has 7 heteroatoms. The van der Waals surface area contributed by atoms with E-state index in [1.165, 1.54) is 6.33 Å². The molecule has 3 N–H and O–H groups in total. The highest BCUT2D eigenvalue weighted by Gasteiger charge is 2.17. The topological polar surface area (TPSA) is 94.1 Å². The number of H-pyrrole nitrogens is 1. The van der Waals surface area contributed by atoms with E-state index in [1.807, 2.05) is 68.6 Å². The van der Waals surface area contributed by atoms with Crippen molar-refractivity contribution in [3.63, 3.8) is 0 Å². The van der Waals surface area contributed by atoms with Crippen molar-refractivity contribution < 1.29 is 9.90 Å². The van der Waals surface area contributed by atoms with Crippen LogP contribution in [0, 0.1) is 13.8 Å². The Hall–Kier alpha value is -3.71. The monoisotopic (exact) mass is 401 g/mol. The van der Waals surface area contributed by atoms with E-state index >= 15 is 0 Å². The number of carbonyl (C=O) groups excluding carboxylic acids is 1. The molecule has 0 saturated heterocycles. The van der Waals surface area contributed by atoms with Gasteiger partial charge >= 0.3 is 6.03 Å². The molecule has 0 bridgehead atoms. The van der Waals surface area contributed by atoms with Gasteiger partial charge in [0.05, 0.1) is 18.8 Å². The Balaban J connectivity index is 1.57. The number of fused-ring (bicyclic) bond motifs is 1. The van der Waals surface area contributed by atoms with Gasteiger partial charge in [0.2, 0.25) is 0 Å². The molecule has 0 radical (unpaired) electrons. The molecule has 0 aliphatic rings. The fourth-order valence-corrected chi connectivity index (χ4v) is 3.54. The normalized spacial score (nSPS) is 10.9. The van der Waals surface area contributed by atoms with Crippen LogP contribution in [0.15, 0.2) is 61.1 Å². The number of aryl methyl sites for hydroxylation is 2. The van der Waals surface area contributed by atoms with Gasteiger partial charge in [-0.25, -0.2) is 14.8 Å². The van der Waals surface area contributed by atoms with Crippen LogP contribution < -0.4 is 10.2 Å². The molecule has 2 aromatic carbocycles. The quantitative estimate of drug-likeness (QED) is 0.465. The van der Waals surface area contributed by atoms with E-state index in [0.717, 1.165) is 39.1 Å². The lowest BCUT2D eigenvalue weighted by Crippen LogP contribution is -2.37. The van der Waals surface area contributed by atoms with Crippen molar-refractivity contribution in [3.8, 4) is 11.3 Å². The molecule has 0 aliphatic carbocycles. The first-order valence-electron chi connectivity index (χ1n) is 9.72. The minimum absolute atomic E-state index is 0.125. The lowest BCUT2D eigenvalue weighted by atomic mass is 10.1. The van der Waals surface area contributed by atoms with Crippen LogP contribution in [0.25, 0.3) is 22.3 Å². The molecule has 30 heavy (non-hydrogen) atoms. The van der Waals surface area contributed by atoms with E-state index in [-0.39, 0.29) is 19.2 Å². The smallest absolute Gasteiger partial charge is 0.326 e. The number of hydrogen-bond donors (Lipinski definition) is 3. The fourth-order valence-electron chi connectivity index (χ4n) is 3.54. The molecule has 0 aliphatic heterocycles. The molecular formula is C23H23N5O2. The Labute approximate surface area is 174 Å². The van der Waals surface area contributed by atoms with Crippen molar-refractivity contribution >= 4 is 28.4 Å². The van der Waals surface area contributed by atoms with Crippen molar-refractivity contribution in [1.29, 1.82) is 0 Å². The third-order valence-electron chi connectivity index (χ3n) is 5.05. The van der Waals surface area contributed by atoms with Crippen molar-refractivity contribution in [3.05, 3.63) is 72.2 Å². The van der Waals surface area contributed by atoms with E-state index in [2.05, 4.69) is 20.3 Å². The Morgan fingerprint density at radius 1 is 1.07 bits per heavy atom. The largest absolute Gasteiger partial charge is 0.395 e. The number of aromatic amines is 1. The number of hydrogen-bond acceptors (Lipinski definition) is 4. The molecule has 2 heterocycles. The number of aliphatic hydroxyl groups is 1. The van der Waals surface area contributed by atoms with Crippen LogP contribution in [0.2, 0.25) is 0 Å². The number of nitrogens with one attached hydrogen (secondary N) is 2. The summed E-state index contributed by atoms with van der Waals surface area (Å²) in [6, 6.07) is 14.8. The van der Waals surface area contributed by atoms with Crippen LogP contribution in [-0.2, 0) is 0 Å². The molecule has 0 fully saturated rings. The highest BCUT2D eigenvalue weighted by molar-refractivity contribution is 6.02. The number of aromatic nitrogens is 3. The number of para-hydroxylation sites is 1. The molecule has 0 spiro atoms. The zero-order valence-corrected chi connectivity index (χ0v) is 16.9. The molecule has 0 unspecified atom stereocenters. The van der Waals surface area contributed by atoms with Crippen molar-refractivity contribution in [2.45, 2.75) is 13.8 Å². The Bertz CT molecular complexity index is 1180. The third-order valence-corrected chi connectivity index (χ3v) is 5.05. The summed E-state index contributed by atoms with van der Waals surface area (Å²) in [6.45, 7) is 4.04. The summed E-state index contributed by atoms with van der Waals surface area (Å²) in [4.78, 5) is 26.3. The number of carbonyl (C=O) groups is 1. The van der Waals surface area contributed by atoms with Crippen LogP contribution in [0.3, 0.4) is 0 Å². The number of amides is 2. The van der Waals surface area contributed by atoms with E-state index in [4.69, 9.17) is 0 Å². The Kier molecular flexibility index (Phi) is 5.45. The summed E-state index contributed by atoms with van der Waals surface area (Å²) in [6.07, 6.45) is 3.46. The van der Waals surface area contributed by atoms with Crippen molar-refractivity contribution in [2.24, 2.45) is 0 Å². The first kappa shape index (κ1) is 19.6. The van der Waals surface area contributed by atoms with Crippen LogP contribution in [0.1, 0.15) is 11.1 Å². The fraction of sp³-hybridized carbons (Fsp3) is 0.174. The second-order valence-electron chi connectivity index (χ2n) is 7.09. The van der Waals surface area contributed by atoms with E-state index in [1.54, 1.807) is 4.90 Å². The second-order valence-corrected chi connectivity index (χ2v) is 7.09. The van der Waals surface area contributed by atoms with E-state index in [9.17, 15) is 9.90 Å². The van der Waals surface area contributed by atoms with Crippen LogP contribution in [0.4, 0.5) is 16.2 Å². The average Bonchev–Trinajstić information content (AvgIpc) is 3.14. The number of rotatable bonds is 5. The van der Waals surface area contributed by atoms with Gasteiger partial charge in [-0.15, -0.1) is 0 Å². The average molecular weight is 401 g/mol. The van der Waals surface area contributed by atoms with Gasteiger partial charge in [-0.2, -0.15) is 0 Å². The van der Waals surface area contributed by atoms with E-state index < -0.39 is 0 Å². The lowest BCUT2D eigenvalue weighted by molar-refractivity contribution is 0.252. The second kappa shape index (κ2) is 8.34. The summed E-state index contributed by atoms with van der Waals surface area (Å²) >= 11 is 0. The highest BCUT2D eigenvalue weighted by Crippen LogP contribution is 2.28. The van der Waals surface area contributed by atoms with Crippen LogP contribution in [0.5, 0.6) is 0 Å². The number of benzene rings is 2. The predicted molar refractivity (Wildman–Crippen MR) is 119 cm³/mol. The highest BCUT2D eigenvalue weighted by atomic mass is 16.3. The summed E-state index contributed by atoms with van der Waals surface area (Å²) in [5.74, 6) is 0. The third kappa shape index (κ3) is 3.75. The van der Waals surface area contributed by atoms with Crippen LogP contribution >= 0.6 is 0 Å². The minimum Gasteiger partial charge on any atom is -0.395 e. The van der Waals surface area contributed by atoms with Gasteiger partial charge in [0, 0.05) is 28.5 Å². The van der Waals surface area contributed by atoms with Gasteiger partial charge in [0.1, 0.15) is 12.0 Å². The molecular weight excluding hydrogens is 378 g/mol. The summed E-state index contributed by atoms with van der Waals surface area (Å²) in [5, 5.41) is 13.3. The van der Waals surface area contributed by atoms with Gasteiger partial charge in [-0.3, -0.25) is 4.90 Å². The molecule has 152 valence electrons. The van der Waals surface area contributed by atoms with E-state index in [0.29, 0.717) is 5.69 Å². The molecule has 4 aromatic rings. The standard InChI is InChI=1S/C23H23N5O2/c1-15-5-3-4-6-19(15)28(11-12-29)23(30)27-18-9-7-17(8-10-18)21-20-16(2)13-24-22(20)26-14-25-21/h3-10,13-14,29H,11-12H2,1-2H3,(H,27,30)(H,24,25,26).